The van der Waals surface area contributed by atoms with Crippen LogP contribution in [0.15, 0.2) is 15.9 Å². The molecule has 0 aromatic carbocycles. The molecule has 0 amide bonds. The Kier molecular flexibility index (Phi) is 6.85. The van der Waals surface area contributed by atoms with Gasteiger partial charge >= 0.3 is 0 Å². The van der Waals surface area contributed by atoms with Gasteiger partial charge in [0.1, 0.15) is 0 Å². The second-order valence-electron chi connectivity index (χ2n) is 5.36. The minimum absolute atomic E-state index is 0.290. The van der Waals surface area contributed by atoms with Crippen molar-refractivity contribution in [2.45, 2.75) is 27.2 Å². The van der Waals surface area contributed by atoms with Crippen LogP contribution in [-0.2, 0) is 11.2 Å². The van der Waals surface area contributed by atoms with Crippen LogP contribution in [0.4, 0.5) is 0 Å². The largest absolute Gasteiger partial charge is 0.383 e. The number of nitrogens with one attached hydrogen (secondary N) is 1. The average Bonchev–Trinajstić information content (AvgIpc) is 2.70. The lowest BCUT2D eigenvalue weighted by atomic mass is 9.76. The third-order valence-corrected chi connectivity index (χ3v) is 5.24. The van der Waals surface area contributed by atoms with Gasteiger partial charge in [0.05, 0.1) is 10.4 Å². The number of halogens is 1. The Balaban J connectivity index is 2.56. The first-order valence-corrected chi connectivity index (χ1v) is 8.03. The molecule has 1 atom stereocenters. The molecule has 2 nitrogen and oxygen atoms in total. The highest BCUT2D eigenvalue weighted by Crippen LogP contribution is 2.34. The molecule has 0 aliphatic carbocycles. The Bertz CT molecular complexity index is 353. The Hall–Kier alpha value is 0.1000. The van der Waals surface area contributed by atoms with Crippen LogP contribution < -0.4 is 5.32 Å². The summed E-state index contributed by atoms with van der Waals surface area (Å²) in [6.07, 6.45) is 1.13. The van der Waals surface area contributed by atoms with Crippen molar-refractivity contribution in [2.24, 2.45) is 11.3 Å². The number of hydrogen-bond acceptors (Lipinski definition) is 3. The lowest BCUT2D eigenvalue weighted by molar-refractivity contribution is 0.176. The molecule has 1 aromatic heterocycles. The Morgan fingerprint density at radius 2 is 2.17 bits per heavy atom. The van der Waals surface area contributed by atoms with E-state index in [0.717, 1.165) is 26.1 Å². The molecule has 0 bridgehead atoms. The van der Waals surface area contributed by atoms with Crippen LogP contribution in [0.2, 0.25) is 0 Å². The average molecular weight is 334 g/mol. The fraction of sp³-hybridized carbons (Fsp3) is 0.714. The molecule has 0 fully saturated rings. The van der Waals surface area contributed by atoms with E-state index in [0.29, 0.717) is 5.92 Å². The van der Waals surface area contributed by atoms with Gasteiger partial charge in [-0.3, -0.25) is 0 Å². The van der Waals surface area contributed by atoms with Crippen LogP contribution in [0.3, 0.4) is 0 Å². The van der Waals surface area contributed by atoms with Gasteiger partial charge in [-0.05, 0) is 45.8 Å². The van der Waals surface area contributed by atoms with Crippen LogP contribution in [-0.4, -0.2) is 26.8 Å². The van der Waals surface area contributed by atoms with Gasteiger partial charge in [-0.2, -0.15) is 0 Å². The van der Waals surface area contributed by atoms with Crippen molar-refractivity contribution in [1.29, 1.82) is 0 Å². The predicted octanol–water partition coefficient (Wildman–Crippen LogP) is 3.95. The lowest BCUT2D eigenvalue weighted by Crippen LogP contribution is -2.38. The summed E-state index contributed by atoms with van der Waals surface area (Å²) in [7, 11) is 1.74. The molecular formula is C14H24BrNOS. The van der Waals surface area contributed by atoms with Gasteiger partial charge in [0, 0.05) is 25.1 Å². The molecular weight excluding hydrogens is 310 g/mol. The first-order chi connectivity index (χ1) is 8.48. The zero-order valence-electron chi connectivity index (χ0n) is 11.8. The first-order valence-electron chi connectivity index (χ1n) is 6.42. The topological polar surface area (TPSA) is 21.3 Å². The van der Waals surface area contributed by atoms with Crippen LogP contribution >= 0.6 is 27.3 Å². The maximum absolute atomic E-state index is 5.07. The Morgan fingerprint density at radius 1 is 1.44 bits per heavy atom. The maximum Gasteiger partial charge on any atom is 0.0701 e. The molecule has 1 heterocycles. The van der Waals surface area contributed by atoms with Crippen molar-refractivity contribution in [3.63, 3.8) is 0 Å². The van der Waals surface area contributed by atoms with Gasteiger partial charge in [-0.25, -0.2) is 0 Å². The smallest absolute Gasteiger partial charge is 0.0701 e. The van der Waals surface area contributed by atoms with E-state index in [2.05, 4.69) is 54.2 Å². The van der Waals surface area contributed by atoms with Crippen LogP contribution in [0.25, 0.3) is 0 Å². The van der Waals surface area contributed by atoms with E-state index < -0.39 is 0 Å². The molecule has 0 aliphatic rings. The fourth-order valence-corrected chi connectivity index (χ4v) is 3.54. The normalized spacial score (nSPS) is 15.0. The van der Waals surface area contributed by atoms with E-state index in [1.807, 2.05) is 11.3 Å². The monoisotopic (exact) mass is 333 g/mol. The summed E-state index contributed by atoms with van der Waals surface area (Å²) in [5.41, 5.74) is 0.290. The molecule has 0 saturated carbocycles. The molecule has 1 unspecified atom stereocenters. The number of thiophene rings is 1. The zero-order valence-corrected chi connectivity index (χ0v) is 14.2. The molecule has 0 spiro atoms. The second kappa shape index (κ2) is 7.63. The molecule has 0 radical (unpaired) electrons. The third kappa shape index (κ3) is 5.00. The first kappa shape index (κ1) is 16.2. The summed E-state index contributed by atoms with van der Waals surface area (Å²) in [4.78, 5) is 1.45. The molecule has 1 N–H and O–H groups in total. The summed E-state index contributed by atoms with van der Waals surface area (Å²) in [5.74, 6) is 0.647. The summed E-state index contributed by atoms with van der Waals surface area (Å²) < 4.78 is 6.29. The summed E-state index contributed by atoms with van der Waals surface area (Å²) >= 11 is 5.38. The minimum Gasteiger partial charge on any atom is -0.383 e. The van der Waals surface area contributed by atoms with Gasteiger partial charge in [0.2, 0.25) is 0 Å². The third-order valence-electron chi connectivity index (χ3n) is 3.61. The molecule has 0 aliphatic heterocycles. The van der Waals surface area contributed by atoms with E-state index in [-0.39, 0.29) is 5.41 Å². The molecule has 1 rings (SSSR count). The number of ether oxygens (including phenoxy) is 1. The van der Waals surface area contributed by atoms with Crippen LogP contribution in [0.1, 0.15) is 25.6 Å². The summed E-state index contributed by atoms with van der Waals surface area (Å²) in [6, 6.07) is 4.36. The molecule has 1 aromatic rings. The molecule has 4 heteroatoms. The number of rotatable bonds is 8. The van der Waals surface area contributed by atoms with Crippen molar-refractivity contribution in [3.05, 3.63) is 20.8 Å². The predicted molar refractivity (Wildman–Crippen MR) is 83.4 cm³/mol. The maximum atomic E-state index is 5.07. The highest BCUT2D eigenvalue weighted by atomic mass is 79.9. The second-order valence-corrected chi connectivity index (χ2v) is 7.91. The van der Waals surface area contributed by atoms with E-state index in [9.17, 15) is 0 Å². The van der Waals surface area contributed by atoms with Gasteiger partial charge < -0.3 is 10.1 Å². The van der Waals surface area contributed by atoms with Crippen LogP contribution in [0.5, 0.6) is 0 Å². The number of methoxy groups -OCH3 is 1. The van der Waals surface area contributed by atoms with E-state index >= 15 is 0 Å². The van der Waals surface area contributed by atoms with Crippen LogP contribution in [0, 0.1) is 11.3 Å². The standard InChI is InChI=1S/C14H24BrNOS/c1-11(2)14(3,10-16-7-8-17-4)9-12-5-6-13(15)18-12/h5-6,11,16H,7-10H2,1-4H3. The fourth-order valence-electron chi connectivity index (χ4n) is 1.86. The Labute approximate surface area is 123 Å². The van der Waals surface area contributed by atoms with Crippen molar-refractivity contribution >= 4 is 27.3 Å². The SMILES string of the molecule is COCCNCC(C)(Cc1ccc(Br)s1)C(C)C. The van der Waals surface area contributed by atoms with Gasteiger partial charge in [0.15, 0.2) is 0 Å². The van der Waals surface area contributed by atoms with Gasteiger partial charge in [-0.15, -0.1) is 11.3 Å². The highest BCUT2D eigenvalue weighted by molar-refractivity contribution is 9.11. The van der Waals surface area contributed by atoms with Crippen molar-refractivity contribution in [2.75, 3.05) is 26.8 Å². The van der Waals surface area contributed by atoms with Crippen molar-refractivity contribution in [3.8, 4) is 0 Å². The van der Waals surface area contributed by atoms with E-state index in [1.54, 1.807) is 7.11 Å². The van der Waals surface area contributed by atoms with E-state index in [1.165, 1.54) is 8.66 Å². The molecule has 18 heavy (non-hydrogen) atoms. The number of hydrogen-bond donors (Lipinski definition) is 1. The summed E-state index contributed by atoms with van der Waals surface area (Å²) in [5, 5.41) is 3.50. The minimum atomic E-state index is 0.290. The van der Waals surface area contributed by atoms with Crippen molar-refractivity contribution < 1.29 is 4.74 Å². The Morgan fingerprint density at radius 3 is 2.67 bits per heavy atom. The molecule has 0 saturated heterocycles. The summed E-state index contributed by atoms with van der Waals surface area (Å²) in [6.45, 7) is 9.71. The molecule has 104 valence electrons. The highest BCUT2D eigenvalue weighted by Gasteiger charge is 2.28. The van der Waals surface area contributed by atoms with Gasteiger partial charge in [-0.1, -0.05) is 20.8 Å². The van der Waals surface area contributed by atoms with Gasteiger partial charge in [0.25, 0.3) is 0 Å². The van der Waals surface area contributed by atoms with E-state index in [4.69, 9.17) is 4.74 Å². The zero-order chi connectivity index (χ0) is 13.6. The quantitative estimate of drug-likeness (QED) is 0.727. The van der Waals surface area contributed by atoms with Crippen molar-refractivity contribution in [1.82, 2.24) is 5.32 Å². The lowest BCUT2D eigenvalue weighted by Gasteiger charge is -2.34.